The van der Waals surface area contributed by atoms with Gasteiger partial charge in [-0.25, -0.2) is 4.79 Å². The summed E-state index contributed by atoms with van der Waals surface area (Å²) in [6.07, 6.45) is 2.85. The minimum absolute atomic E-state index is 0.142. The molecule has 1 aromatic rings. The zero-order valence-electron chi connectivity index (χ0n) is 16.2. The third-order valence-corrected chi connectivity index (χ3v) is 5.80. The van der Waals surface area contributed by atoms with Gasteiger partial charge < -0.3 is 19.9 Å². The van der Waals surface area contributed by atoms with Crippen molar-refractivity contribution >= 4 is 23.0 Å². The van der Waals surface area contributed by atoms with E-state index in [2.05, 4.69) is 17.4 Å². The molecule has 2 saturated heterocycles. The Morgan fingerprint density at radius 3 is 2.79 bits per heavy atom. The highest BCUT2D eigenvalue weighted by molar-refractivity contribution is 8.14. The predicted molar refractivity (Wildman–Crippen MR) is 108 cm³/mol. The van der Waals surface area contributed by atoms with E-state index in [1.807, 2.05) is 32.0 Å². The Hall–Kier alpha value is -1.83. The third-order valence-electron chi connectivity index (χ3n) is 4.92. The van der Waals surface area contributed by atoms with Crippen molar-refractivity contribution in [2.45, 2.75) is 63.6 Å². The van der Waals surface area contributed by atoms with Crippen LogP contribution in [0.15, 0.2) is 42.0 Å². The Labute approximate surface area is 169 Å². The molecule has 4 atom stereocenters. The summed E-state index contributed by atoms with van der Waals surface area (Å²) in [6, 6.07) is 9.53. The van der Waals surface area contributed by atoms with Gasteiger partial charge in [0, 0.05) is 24.7 Å². The number of ether oxygens (including phenoxy) is 2. The van der Waals surface area contributed by atoms with Crippen LogP contribution in [-0.4, -0.2) is 46.1 Å². The van der Waals surface area contributed by atoms with E-state index in [1.54, 1.807) is 0 Å². The Morgan fingerprint density at radius 2 is 2.14 bits per heavy atom. The van der Waals surface area contributed by atoms with E-state index in [1.165, 1.54) is 11.6 Å². The third kappa shape index (κ3) is 5.59. The van der Waals surface area contributed by atoms with Crippen LogP contribution in [0.25, 0.3) is 0 Å². The first-order valence-electron chi connectivity index (χ1n) is 9.57. The average Bonchev–Trinajstić information content (AvgIpc) is 3.07. The number of benzene rings is 1. The zero-order chi connectivity index (χ0) is 20.1. The molecule has 2 fully saturated rings. The summed E-state index contributed by atoms with van der Waals surface area (Å²) in [5, 5.41) is 13.8. The van der Waals surface area contributed by atoms with Crippen LogP contribution in [0.3, 0.4) is 0 Å². The van der Waals surface area contributed by atoms with Gasteiger partial charge in [-0.2, -0.15) is 0 Å². The molecule has 2 aliphatic heterocycles. The molecule has 7 heteroatoms. The number of carbonyl (C=O) groups is 2. The number of esters is 1. The number of aliphatic hydroxyl groups is 1. The molecular formula is C21H27NO5S. The first kappa shape index (κ1) is 20.9. The number of nitrogens with one attached hydrogen (secondary N) is 1. The average molecular weight is 406 g/mol. The Bertz CT molecular complexity index is 734. The maximum absolute atomic E-state index is 12.1. The number of thioether (sulfide) groups is 1. The van der Waals surface area contributed by atoms with Gasteiger partial charge in [-0.05, 0) is 32.3 Å². The minimum atomic E-state index is -1.55. The van der Waals surface area contributed by atoms with Gasteiger partial charge in [-0.15, -0.1) is 0 Å². The van der Waals surface area contributed by atoms with Gasteiger partial charge >= 0.3 is 5.97 Å². The molecule has 0 saturated carbocycles. The standard InChI is InChI=1S/C21H27NO5S/c1-14(2)10-19(23)26-17-11-16(9-8-15-6-4-3-5-7-15)27-21(25,12-17)18-13-28-20(24)22-18/h3-7,10,16-18,25H,8-9,11-13H2,1-2H3,(H,22,24)/t16?,17-,18+,21-/m1/s1. The second kappa shape index (κ2) is 9.11. The van der Waals surface area contributed by atoms with Crippen molar-refractivity contribution in [1.29, 1.82) is 0 Å². The molecule has 0 bridgehead atoms. The lowest BCUT2D eigenvalue weighted by Crippen LogP contribution is -2.58. The molecule has 0 aliphatic carbocycles. The number of carbonyl (C=O) groups excluding carboxylic acids is 2. The smallest absolute Gasteiger partial charge is 0.330 e. The van der Waals surface area contributed by atoms with Crippen LogP contribution in [-0.2, 0) is 20.7 Å². The Kier molecular flexibility index (Phi) is 6.80. The highest BCUT2D eigenvalue weighted by atomic mass is 32.2. The Morgan fingerprint density at radius 1 is 1.39 bits per heavy atom. The van der Waals surface area contributed by atoms with Gasteiger partial charge in [-0.1, -0.05) is 47.7 Å². The van der Waals surface area contributed by atoms with E-state index in [4.69, 9.17) is 9.47 Å². The number of rotatable bonds is 6. The maximum Gasteiger partial charge on any atom is 0.330 e. The fourth-order valence-electron chi connectivity index (χ4n) is 3.61. The summed E-state index contributed by atoms with van der Waals surface area (Å²) in [5.41, 5.74) is 2.04. The first-order valence-corrected chi connectivity index (χ1v) is 10.6. The van der Waals surface area contributed by atoms with E-state index < -0.39 is 23.9 Å². The topological polar surface area (TPSA) is 84.9 Å². The van der Waals surface area contributed by atoms with Gasteiger partial charge in [0.05, 0.1) is 12.1 Å². The molecule has 6 nitrogen and oxygen atoms in total. The highest BCUT2D eigenvalue weighted by Gasteiger charge is 2.49. The van der Waals surface area contributed by atoms with Crippen molar-refractivity contribution in [1.82, 2.24) is 5.32 Å². The highest BCUT2D eigenvalue weighted by Crippen LogP contribution is 2.36. The molecule has 152 valence electrons. The van der Waals surface area contributed by atoms with Crippen LogP contribution in [0.5, 0.6) is 0 Å². The number of allylic oxidation sites excluding steroid dienone is 1. The fraction of sp³-hybridized carbons (Fsp3) is 0.524. The zero-order valence-corrected chi connectivity index (χ0v) is 17.0. The summed E-state index contributed by atoms with van der Waals surface area (Å²) < 4.78 is 11.6. The van der Waals surface area contributed by atoms with Crippen LogP contribution >= 0.6 is 11.8 Å². The van der Waals surface area contributed by atoms with Gasteiger partial charge in [0.2, 0.25) is 0 Å². The molecule has 0 spiro atoms. The second-order valence-corrected chi connectivity index (χ2v) is 8.62. The van der Waals surface area contributed by atoms with E-state index >= 15 is 0 Å². The second-order valence-electron chi connectivity index (χ2n) is 7.62. The molecule has 2 heterocycles. The van der Waals surface area contributed by atoms with E-state index in [9.17, 15) is 14.7 Å². The lowest BCUT2D eigenvalue weighted by Gasteiger charge is -2.43. The van der Waals surface area contributed by atoms with Crippen LogP contribution in [0, 0.1) is 0 Å². The van der Waals surface area contributed by atoms with E-state index in [0.717, 1.165) is 23.8 Å². The molecular weight excluding hydrogens is 378 g/mol. The van der Waals surface area contributed by atoms with Crippen LogP contribution < -0.4 is 5.32 Å². The summed E-state index contributed by atoms with van der Waals surface area (Å²) in [6.45, 7) is 3.66. The summed E-state index contributed by atoms with van der Waals surface area (Å²) >= 11 is 1.13. The van der Waals surface area contributed by atoms with Crippen molar-refractivity contribution in [2.75, 3.05) is 5.75 Å². The van der Waals surface area contributed by atoms with Crippen molar-refractivity contribution in [2.24, 2.45) is 0 Å². The van der Waals surface area contributed by atoms with Gasteiger partial charge in [0.15, 0.2) is 5.79 Å². The molecule has 3 rings (SSSR count). The number of aryl methyl sites for hydroxylation is 1. The molecule has 2 aliphatic rings. The lowest BCUT2D eigenvalue weighted by atomic mass is 9.91. The Balaban J connectivity index is 1.70. The molecule has 2 N–H and O–H groups in total. The number of hydrogen-bond acceptors (Lipinski definition) is 6. The first-order chi connectivity index (χ1) is 13.3. The molecule has 28 heavy (non-hydrogen) atoms. The van der Waals surface area contributed by atoms with E-state index in [-0.39, 0.29) is 17.8 Å². The number of hydrogen-bond donors (Lipinski definition) is 2. The van der Waals surface area contributed by atoms with Crippen molar-refractivity contribution in [3.63, 3.8) is 0 Å². The van der Waals surface area contributed by atoms with Gasteiger partial charge in [0.1, 0.15) is 6.10 Å². The number of amides is 1. The molecule has 0 aromatic heterocycles. The lowest BCUT2D eigenvalue weighted by molar-refractivity contribution is -0.283. The van der Waals surface area contributed by atoms with Crippen LogP contribution in [0.4, 0.5) is 4.79 Å². The van der Waals surface area contributed by atoms with Gasteiger partial charge in [0.25, 0.3) is 5.24 Å². The van der Waals surface area contributed by atoms with Crippen molar-refractivity contribution in [3.05, 3.63) is 47.5 Å². The largest absolute Gasteiger partial charge is 0.459 e. The van der Waals surface area contributed by atoms with Crippen molar-refractivity contribution < 1.29 is 24.2 Å². The van der Waals surface area contributed by atoms with Gasteiger partial charge in [-0.3, -0.25) is 4.79 Å². The minimum Gasteiger partial charge on any atom is -0.459 e. The predicted octanol–water partition coefficient (Wildman–Crippen LogP) is 3.19. The normalized spacial score (nSPS) is 29.8. The van der Waals surface area contributed by atoms with Crippen molar-refractivity contribution in [3.8, 4) is 0 Å². The summed E-state index contributed by atoms with van der Waals surface area (Å²) in [7, 11) is 0. The van der Waals surface area contributed by atoms with Crippen LogP contribution in [0.1, 0.15) is 38.7 Å². The summed E-state index contributed by atoms with van der Waals surface area (Å²) in [5.74, 6) is -1.54. The maximum atomic E-state index is 12.1. The van der Waals surface area contributed by atoms with Crippen LogP contribution in [0.2, 0.25) is 0 Å². The molecule has 1 amide bonds. The molecule has 1 aromatic carbocycles. The monoisotopic (exact) mass is 405 g/mol. The SMILES string of the molecule is CC(C)=CC(=O)O[C@@H]1CC(CCc2ccccc2)O[C@@](O)([C@@H]2CSC(=O)N2)C1. The quantitative estimate of drug-likeness (QED) is 0.559. The summed E-state index contributed by atoms with van der Waals surface area (Å²) in [4.78, 5) is 23.7. The molecule has 1 unspecified atom stereocenters. The fourth-order valence-corrected chi connectivity index (χ4v) is 4.50. The van der Waals surface area contributed by atoms with E-state index in [0.29, 0.717) is 18.6 Å². The molecule has 0 radical (unpaired) electrons.